The minimum Gasteiger partial charge on any atom is -0.384 e. The summed E-state index contributed by atoms with van der Waals surface area (Å²) in [5.41, 5.74) is 1.36. The van der Waals surface area contributed by atoms with Gasteiger partial charge in [0.15, 0.2) is 0 Å². The molecule has 2 heterocycles. The van der Waals surface area contributed by atoms with Crippen LogP contribution in [0.5, 0.6) is 0 Å². The normalized spacial score (nSPS) is 16.6. The summed E-state index contributed by atoms with van der Waals surface area (Å²) in [6.07, 6.45) is 1.67. The van der Waals surface area contributed by atoms with Gasteiger partial charge in [0.2, 0.25) is 0 Å². The summed E-state index contributed by atoms with van der Waals surface area (Å²) in [4.78, 5) is 18.0. The second-order valence-electron chi connectivity index (χ2n) is 4.10. The van der Waals surface area contributed by atoms with Gasteiger partial charge in [0, 0.05) is 41.9 Å². The first kappa shape index (κ1) is 13.0. The van der Waals surface area contributed by atoms with Crippen molar-refractivity contribution in [3.63, 3.8) is 0 Å². The Morgan fingerprint density at radius 2 is 2.17 bits per heavy atom. The van der Waals surface area contributed by atoms with Crippen LogP contribution in [0.15, 0.2) is 18.3 Å². The third-order valence-corrected chi connectivity index (χ3v) is 4.10. The first-order valence-corrected chi connectivity index (χ1v) is 7.53. The molecular weight excluding hydrogens is 250 g/mol. The van der Waals surface area contributed by atoms with Gasteiger partial charge in [0.1, 0.15) is 5.69 Å². The van der Waals surface area contributed by atoms with Gasteiger partial charge >= 0.3 is 0 Å². The number of anilines is 1. The molecule has 0 aromatic carbocycles. The van der Waals surface area contributed by atoms with Crippen molar-refractivity contribution in [2.24, 2.45) is 0 Å². The van der Waals surface area contributed by atoms with Crippen molar-refractivity contribution in [1.29, 1.82) is 0 Å². The summed E-state index contributed by atoms with van der Waals surface area (Å²) in [6.45, 7) is 3.95. The number of carbonyl (C=O) groups excluding carboxylic acids is 1. The Balaban J connectivity index is 2.02. The number of nitrogens with zero attached hydrogens (tertiary/aromatic N) is 2. The molecule has 6 heteroatoms. The SMILES string of the molecule is CCNc1ccc(C(=O)N2CCS(=O)CC2)nc1. The molecule has 1 N–H and O–H groups in total. The van der Waals surface area contributed by atoms with Crippen molar-refractivity contribution < 1.29 is 9.00 Å². The second kappa shape index (κ2) is 5.95. The molecule has 5 nitrogen and oxygen atoms in total. The molecule has 18 heavy (non-hydrogen) atoms. The van der Waals surface area contributed by atoms with Gasteiger partial charge in [-0.25, -0.2) is 4.98 Å². The Kier molecular flexibility index (Phi) is 4.30. The molecule has 1 saturated heterocycles. The van der Waals surface area contributed by atoms with Crippen LogP contribution >= 0.6 is 0 Å². The van der Waals surface area contributed by atoms with Crippen LogP contribution < -0.4 is 5.32 Å². The van der Waals surface area contributed by atoms with E-state index in [4.69, 9.17) is 0 Å². The zero-order chi connectivity index (χ0) is 13.0. The molecule has 0 atom stereocenters. The van der Waals surface area contributed by atoms with Crippen LogP contribution in [0.25, 0.3) is 0 Å². The molecule has 98 valence electrons. The van der Waals surface area contributed by atoms with Crippen molar-refractivity contribution in [2.45, 2.75) is 6.92 Å². The summed E-state index contributed by atoms with van der Waals surface area (Å²) in [5.74, 6) is 1.07. The summed E-state index contributed by atoms with van der Waals surface area (Å²) < 4.78 is 11.2. The molecule has 0 unspecified atom stereocenters. The van der Waals surface area contributed by atoms with Crippen LogP contribution in [-0.4, -0.2) is 51.1 Å². The Morgan fingerprint density at radius 3 is 2.72 bits per heavy atom. The Morgan fingerprint density at radius 1 is 1.44 bits per heavy atom. The number of nitrogens with one attached hydrogen (secondary N) is 1. The van der Waals surface area contributed by atoms with E-state index in [0.717, 1.165) is 12.2 Å². The van der Waals surface area contributed by atoms with Crippen LogP contribution in [0.4, 0.5) is 5.69 Å². The summed E-state index contributed by atoms with van der Waals surface area (Å²) in [7, 11) is -0.764. The van der Waals surface area contributed by atoms with Gasteiger partial charge in [0.25, 0.3) is 5.91 Å². The molecule has 0 bridgehead atoms. The van der Waals surface area contributed by atoms with Crippen molar-refractivity contribution in [1.82, 2.24) is 9.88 Å². The number of rotatable bonds is 3. The zero-order valence-corrected chi connectivity index (χ0v) is 11.2. The van der Waals surface area contributed by atoms with Crippen molar-refractivity contribution in [3.05, 3.63) is 24.0 Å². The van der Waals surface area contributed by atoms with Gasteiger partial charge in [-0.3, -0.25) is 9.00 Å². The lowest BCUT2D eigenvalue weighted by Crippen LogP contribution is -2.42. The van der Waals surface area contributed by atoms with Gasteiger partial charge in [-0.05, 0) is 19.1 Å². The Labute approximate surface area is 109 Å². The van der Waals surface area contributed by atoms with E-state index >= 15 is 0 Å². The lowest BCUT2D eigenvalue weighted by Gasteiger charge is -2.25. The Hall–Kier alpha value is -1.43. The lowest BCUT2D eigenvalue weighted by atomic mass is 10.3. The molecule has 0 aliphatic carbocycles. The molecule has 0 spiro atoms. The highest BCUT2D eigenvalue weighted by molar-refractivity contribution is 7.85. The fraction of sp³-hybridized carbons (Fsp3) is 0.500. The highest BCUT2D eigenvalue weighted by Gasteiger charge is 2.21. The van der Waals surface area contributed by atoms with Gasteiger partial charge in [0.05, 0.1) is 11.9 Å². The maximum Gasteiger partial charge on any atom is 0.272 e. The molecular formula is C12H17N3O2S. The van der Waals surface area contributed by atoms with E-state index in [-0.39, 0.29) is 5.91 Å². The van der Waals surface area contributed by atoms with Crippen molar-refractivity contribution in [2.75, 3.05) is 36.5 Å². The molecule has 1 aromatic rings. The van der Waals surface area contributed by atoms with Crippen LogP contribution in [-0.2, 0) is 10.8 Å². The summed E-state index contributed by atoms with van der Waals surface area (Å²) >= 11 is 0. The van der Waals surface area contributed by atoms with E-state index in [9.17, 15) is 9.00 Å². The molecule has 1 fully saturated rings. The van der Waals surface area contributed by atoms with Crippen molar-refractivity contribution >= 4 is 22.4 Å². The van der Waals surface area contributed by atoms with Gasteiger partial charge < -0.3 is 10.2 Å². The molecule has 0 radical (unpaired) electrons. The van der Waals surface area contributed by atoms with E-state index in [0.29, 0.717) is 30.3 Å². The van der Waals surface area contributed by atoms with Crippen LogP contribution in [0.3, 0.4) is 0 Å². The van der Waals surface area contributed by atoms with Gasteiger partial charge in [-0.2, -0.15) is 0 Å². The maximum absolute atomic E-state index is 12.1. The molecule has 1 aliphatic rings. The predicted octanol–water partition coefficient (Wildman–Crippen LogP) is 0.718. The molecule has 1 amide bonds. The lowest BCUT2D eigenvalue weighted by molar-refractivity contribution is 0.0765. The number of amides is 1. The summed E-state index contributed by atoms with van der Waals surface area (Å²) in [6, 6.07) is 3.58. The van der Waals surface area contributed by atoms with Crippen LogP contribution in [0.2, 0.25) is 0 Å². The van der Waals surface area contributed by atoms with Crippen molar-refractivity contribution in [3.8, 4) is 0 Å². The largest absolute Gasteiger partial charge is 0.384 e. The van der Waals surface area contributed by atoms with E-state index in [1.54, 1.807) is 17.2 Å². The minimum atomic E-state index is -0.764. The van der Waals surface area contributed by atoms with Crippen LogP contribution in [0, 0.1) is 0 Å². The average Bonchev–Trinajstić information content (AvgIpc) is 2.40. The van der Waals surface area contributed by atoms with E-state index in [2.05, 4.69) is 10.3 Å². The molecule has 0 saturated carbocycles. The van der Waals surface area contributed by atoms with Crippen LogP contribution in [0.1, 0.15) is 17.4 Å². The highest BCUT2D eigenvalue weighted by Crippen LogP contribution is 2.10. The number of carbonyl (C=O) groups is 1. The smallest absolute Gasteiger partial charge is 0.272 e. The first-order valence-electron chi connectivity index (χ1n) is 6.05. The predicted molar refractivity (Wildman–Crippen MR) is 72.2 cm³/mol. The number of pyridine rings is 1. The standard InChI is InChI=1S/C12H17N3O2S/c1-2-13-10-3-4-11(14-9-10)12(16)15-5-7-18(17)8-6-15/h3-4,9,13H,2,5-8H2,1H3. The third-order valence-electron chi connectivity index (χ3n) is 2.83. The summed E-state index contributed by atoms with van der Waals surface area (Å²) in [5, 5.41) is 3.13. The zero-order valence-electron chi connectivity index (χ0n) is 10.4. The highest BCUT2D eigenvalue weighted by atomic mass is 32.2. The minimum absolute atomic E-state index is 0.0743. The fourth-order valence-electron chi connectivity index (χ4n) is 1.83. The third kappa shape index (κ3) is 3.07. The molecule has 2 rings (SSSR count). The van der Waals surface area contributed by atoms with Gasteiger partial charge in [-0.15, -0.1) is 0 Å². The van der Waals surface area contributed by atoms with Gasteiger partial charge in [-0.1, -0.05) is 0 Å². The quantitative estimate of drug-likeness (QED) is 0.876. The number of hydrogen-bond acceptors (Lipinski definition) is 4. The average molecular weight is 267 g/mol. The van der Waals surface area contributed by atoms with E-state index in [1.165, 1.54) is 0 Å². The second-order valence-corrected chi connectivity index (χ2v) is 5.80. The maximum atomic E-state index is 12.1. The fourth-order valence-corrected chi connectivity index (χ4v) is 2.88. The number of aromatic nitrogens is 1. The molecule has 1 aliphatic heterocycles. The van der Waals surface area contributed by atoms with E-state index < -0.39 is 10.8 Å². The van der Waals surface area contributed by atoms with E-state index in [1.807, 2.05) is 13.0 Å². The number of hydrogen-bond donors (Lipinski definition) is 1. The Bertz CT molecular complexity index is 437. The monoisotopic (exact) mass is 267 g/mol. The topological polar surface area (TPSA) is 62.3 Å². The first-order chi connectivity index (χ1) is 8.70. The molecule has 1 aromatic heterocycles.